The van der Waals surface area contributed by atoms with Crippen LogP contribution in [0.5, 0.6) is 5.75 Å². The van der Waals surface area contributed by atoms with E-state index in [1.54, 1.807) is 7.11 Å². The summed E-state index contributed by atoms with van der Waals surface area (Å²) in [6, 6.07) is 14.7. The molecule has 3 saturated heterocycles. The highest BCUT2D eigenvalue weighted by Gasteiger charge is 2.28. The molecular formula is C27H37N5O3. The third kappa shape index (κ3) is 5.33. The molecule has 0 aromatic heterocycles. The number of rotatable bonds is 6. The predicted molar refractivity (Wildman–Crippen MR) is 140 cm³/mol. The van der Waals surface area contributed by atoms with E-state index in [-0.39, 0.29) is 6.03 Å². The molecule has 2 amide bonds. The number of carbonyl (C=O) groups is 1. The first kappa shape index (κ1) is 23.8. The lowest BCUT2D eigenvalue weighted by atomic mass is 10.1. The van der Waals surface area contributed by atoms with Gasteiger partial charge in [-0.15, -0.1) is 0 Å². The first-order chi connectivity index (χ1) is 17.1. The SMILES string of the molecule is COc1ccc(N2CCN(C)CC2)c(CN2CCCN(c3ccc(N4CCOCC4)cc3)C2=O)c1. The van der Waals surface area contributed by atoms with Gasteiger partial charge < -0.3 is 29.1 Å². The van der Waals surface area contributed by atoms with Crippen molar-refractivity contribution in [2.75, 3.05) is 94.4 Å². The Kier molecular flexibility index (Phi) is 7.29. The number of urea groups is 1. The van der Waals surface area contributed by atoms with Crippen LogP contribution in [0.4, 0.5) is 21.9 Å². The maximum absolute atomic E-state index is 13.6. The first-order valence-corrected chi connectivity index (χ1v) is 12.7. The number of hydrogen-bond donors (Lipinski definition) is 0. The molecule has 3 heterocycles. The highest BCUT2D eigenvalue weighted by molar-refractivity contribution is 5.93. The summed E-state index contributed by atoms with van der Waals surface area (Å²) in [4.78, 5) is 24.6. The molecule has 0 saturated carbocycles. The lowest BCUT2D eigenvalue weighted by Gasteiger charge is -2.38. The Morgan fingerprint density at radius 2 is 1.54 bits per heavy atom. The minimum atomic E-state index is 0.0718. The summed E-state index contributed by atoms with van der Waals surface area (Å²) in [5.74, 6) is 0.831. The van der Waals surface area contributed by atoms with Gasteiger partial charge in [0.05, 0.1) is 20.3 Å². The van der Waals surface area contributed by atoms with E-state index >= 15 is 0 Å². The summed E-state index contributed by atoms with van der Waals surface area (Å²) in [5, 5.41) is 0. The Morgan fingerprint density at radius 3 is 2.26 bits per heavy atom. The second kappa shape index (κ2) is 10.7. The quantitative estimate of drug-likeness (QED) is 0.635. The van der Waals surface area contributed by atoms with E-state index < -0.39 is 0 Å². The minimum absolute atomic E-state index is 0.0718. The Bertz CT molecular complexity index is 1000. The molecule has 2 aromatic carbocycles. The van der Waals surface area contributed by atoms with Gasteiger partial charge in [-0.2, -0.15) is 0 Å². The molecule has 0 radical (unpaired) electrons. The number of nitrogens with zero attached hydrogens (tertiary/aromatic N) is 5. The molecule has 3 aliphatic heterocycles. The Balaban J connectivity index is 1.31. The minimum Gasteiger partial charge on any atom is -0.497 e. The van der Waals surface area contributed by atoms with Crippen molar-refractivity contribution in [3.05, 3.63) is 48.0 Å². The predicted octanol–water partition coefficient (Wildman–Crippen LogP) is 3.12. The maximum Gasteiger partial charge on any atom is 0.324 e. The second-order valence-corrected chi connectivity index (χ2v) is 9.61. The fourth-order valence-electron chi connectivity index (χ4n) is 5.21. The fourth-order valence-corrected chi connectivity index (χ4v) is 5.21. The number of ether oxygens (including phenoxy) is 2. The molecule has 0 N–H and O–H groups in total. The molecule has 0 atom stereocenters. The number of hydrogen-bond acceptors (Lipinski definition) is 6. The van der Waals surface area contributed by atoms with Crippen LogP contribution >= 0.6 is 0 Å². The largest absolute Gasteiger partial charge is 0.497 e. The molecule has 188 valence electrons. The van der Waals surface area contributed by atoms with E-state index in [0.29, 0.717) is 6.54 Å². The van der Waals surface area contributed by atoms with E-state index in [1.165, 1.54) is 11.4 Å². The molecule has 2 aromatic rings. The molecular weight excluding hydrogens is 442 g/mol. The number of benzene rings is 2. The average Bonchev–Trinajstić information content (AvgIpc) is 2.91. The van der Waals surface area contributed by atoms with Crippen molar-refractivity contribution in [1.82, 2.24) is 9.80 Å². The zero-order valence-corrected chi connectivity index (χ0v) is 21.0. The van der Waals surface area contributed by atoms with Gasteiger partial charge in [0, 0.05) is 76.0 Å². The standard InChI is InChI=1S/C27H37N5O3/c1-28-12-14-30(15-13-28)26-9-8-25(34-2)20-22(26)21-31-10-3-11-32(27(31)33)24-6-4-23(5-7-24)29-16-18-35-19-17-29/h4-9,20H,3,10-19,21H2,1-2H3. The summed E-state index contributed by atoms with van der Waals surface area (Å²) < 4.78 is 11.0. The van der Waals surface area contributed by atoms with Crippen molar-refractivity contribution < 1.29 is 14.3 Å². The van der Waals surface area contributed by atoms with Crippen LogP contribution in [-0.4, -0.2) is 95.6 Å². The van der Waals surface area contributed by atoms with Crippen molar-refractivity contribution in [1.29, 1.82) is 0 Å². The van der Waals surface area contributed by atoms with Crippen molar-refractivity contribution in [3.63, 3.8) is 0 Å². The van der Waals surface area contributed by atoms with Crippen molar-refractivity contribution in [2.24, 2.45) is 0 Å². The van der Waals surface area contributed by atoms with E-state index in [4.69, 9.17) is 9.47 Å². The summed E-state index contributed by atoms with van der Waals surface area (Å²) in [5.41, 5.74) is 4.50. The number of amides is 2. The van der Waals surface area contributed by atoms with Gasteiger partial charge in [-0.1, -0.05) is 0 Å². The summed E-state index contributed by atoms with van der Waals surface area (Å²) in [6.07, 6.45) is 0.949. The average molecular weight is 480 g/mol. The molecule has 35 heavy (non-hydrogen) atoms. The number of methoxy groups -OCH3 is 1. The van der Waals surface area contributed by atoms with Crippen molar-refractivity contribution in [3.8, 4) is 5.75 Å². The van der Waals surface area contributed by atoms with Crippen LogP contribution in [0, 0.1) is 0 Å². The molecule has 5 rings (SSSR count). The lowest BCUT2D eigenvalue weighted by molar-refractivity contribution is 0.122. The van der Waals surface area contributed by atoms with Gasteiger partial charge in [-0.3, -0.25) is 4.90 Å². The molecule has 8 nitrogen and oxygen atoms in total. The van der Waals surface area contributed by atoms with E-state index in [9.17, 15) is 4.79 Å². The summed E-state index contributed by atoms with van der Waals surface area (Å²) in [7, 11) is 3.86. The number of morpholine rings is 1. The van der Waals surface area contributed by atoms with E-state index in [0.717, 1.165) is 89.0 Å². The number of carbonyl (C=O) groups excluding carboxylic acids is 1. The monoisotopic (exact) mass is 479 g/mol. The van der Waals surface area contributed by atoms with Crippen LogP contribution in [0.1, 0.15) is 12.0 Å². The van der Waals surface area contributed by atoms with Crippen molar-refractivity contribution in [2.45, 2.75) is 13.0 Å². The second-order valence-electron chi connectivity index (χ2n) is 9.61. The summed E-state index contributed by atoms with van der Waals surface area (Å²) >= 11 is 0. The topological polar surface area (TPSA) is 51.7 Å². The number of piperazine rings is 1. The van der Waals surface area contributed by atoms with Gasteiger partial charge in [0.1, 0.15) is 5.75 Å². The Hall–Kier alpha value is -2.97. The molecule has 0 aliphatic carbocycles. The fraction of sp³-hybridized carbons (Fsp3) is 0.519. The Labute approximate surface area is 208 Å². The number of anilines is 3. The summed E-state index contributed by atoms with van der Waals surface area (Å²) in [6.45, 7) is 9.51. The third-order valence-corrected chi connectivity index (χ3v) is 7.34. The van der Waals surface area contributed by atoms with E-state index in [1.807, 2.05) is 15.9 Å². The van der Waals surface area contributed by atoms with E-state index in [2.05, 4.69) is 58.1 Å². The molecule has 0 bridgehead atoms. The molecule has 0 spiro atoms. The van der Waals surface area contributed by atoms with Crippen molar-refractivity contribution >= 4 is 23.1 Å². The zero-order valence-electron chi connectivity index (χ0n) is 21.0. The van der Waals surface area contributed by atoms with Crippen LogP contribution < -0.4 is 19.4 Å². The first-order valence-electron chi connectivity index (χ1n) is 12.7. The normalized spacial score (nSPS) is 19.9. The van der Waals surface area contributed by atoms with Crippen LogP contribution in [0.3, 0.4) is 0 Å². The van der Waals surface area contributed by atoms with Crippen LogP contribution in [0.25, 0.3) is 0 Å². The zero-order chi connectivity index (χ0) is 24.2. The van der Waals surface area contributed by atoms with Crippen LogP contribution in [0.2, 0.25) is 0 Å². The van der Waals surface area contributed by atoms with Gasteiger partial charge in [0.25, 0.3) is 0 Å². The van der Waals surface area contributed by atoms with Gasteiger partial charge >= 0.3 is 6.03 Å². The molecule has 0 unspecified atom stereocenters. The van der Waals surface area contributed by atoms with Gasteiger partial charge in [0.2, 0.25) is 0 Å². The highest BCUT2D eigenvalue weighted by atomic mass is 16.5. The highest BCUT2D eigenvalue weighted by Crippen LogP contribution is 2.30. The van der Waals surface area contributed by atoms with Gasteiger partial charge in [0.15, 0.2) is 0 Å². The molecule has 3 fully saturated rings. The van der Waals surface area contributed by atoms with Crippen LogP contribution in [-0.2, 0) is 11.3 Å². The van der Waals surface area contributed by atoms with Gasteiger partial charge in [-0.05, 0) is 61.5 Å². The molecule has 3 aliphatic rings. The number of likely N-dealkylation sites (N-methyl/N-ethyl adjacent to an activating group) is 1. The van der Waals surface area contributed by atoms with Gasteiger partial charge in [-0.25, -0.2) is 4.79 Å². The third-order valence-electron chi connectivity index (χ3n) is 7.34. The molecule has 8 heteroatoms. The smallest absolute Gasteiger partial charge is 0.324 e. The van der Waals surface area contributed by atoms with Crippen LogP contribution in [0.15, 0.2) is 42.5 Å². The Morgan fingerprint density at radius 1 is 0.829 bits per heavy atom. The lowest BCUT2D eigenvalue weighted by Crippen LogP contribution is -2.49. The maximum atomic E-state index is 13.6.